The van der Waals surface area contributed by atoms with E-state index in [0.29, 0.717) is 95.3 Å². The first-order chi connectivity index (χ1) is 36.2. The van der Waals surface area contributed by atoms with Crippen molar-refractivity contribution in [2.75, 3.05) is 41.1 Å². The zero-order valence-electron chi connectivity index (χ0n) is 46.9. The van der Waals surface area contributed by atoms with Crippen LogP contribution in [0.5, 0.6) is 5.75 Å². The highest BCUT2D eigenvalue weighted by Gasteiger charge is 2.53. The minimum atomic E-state index is -2.47. The average Bonchev–Trinajstić information content (AvgIpc) is 3.40. The fourth-order valence-electron chi connectivity index (χ4n) is 11.3. The lowest BCUT2D eigenvalue weighted by molar-refractivity contribution is -0.264. The van der Waals surface area contributed by atoms with Crippen molar-refractivity contribution in [2.45, 2.75) is 187 Å². The van der Waals surface area contributed by atoms with Gasteiger partial charge in [0.2, 0.25) is 5.79 Å². The summed E-state index contributed by atoms with van der Waals surface area (Å²) in [6.07, 6.45) is 11.6. The third-order valence-corrected chi connectivity index (χ3v) is 16.3. The Kier molecular flexibility index (Phi) is 24.7. The van der Waals surface area contributed by atoms with E-state index in [2.05, 4.69) is 5.32 Å². The molecule has 1 saturated carbocycles. The number of aliphatic hydroxyl groups excluding tert-OH is 2. The van der Waals surface area contributed by atoms with Crippen molar-refractivity contribution < 1.29 is 67.7 Å². The smallest absolute Gasteiger partial charge is 0.329 e. The standard InChI is InChI=1S/C60H90N2O14/c1-37-17-12-11-13-18-38(2)48(61-36-45-19-16-20-46(32-45)74-28-27-71-8)34-47-24-22-43(7)60(70,76-47)57(67)58(68)62-26-15-14-21-49(62)59(69)75-52(40(4)31-44-23-25-50(63)53(33-44)72-9)35-51(64)39(3)30-42(6)55(66)56(73-10)54(65)41(5)29-37/h11-13,16-20,30,32,37,39-41,43-44,47-50,52-53,55-56,61,63,66,70H,14-15,21-29,31,33-36H2,1-10H3/b13-11+,17-12+,38-18+,42-30+/t37-,39-,40-,41-,43-,44+,47+,48?,49+,50-,52+,53-,55-,56+,60-/m1/s1. The number of benzene rings is 1. The summed E-state index contributed by atoms with van der Waals surface area (Å²) < 4.78 is 34.9. The Labute approximate surface area is 452 Å². The highest BCUT2D eigenvalue weighted by atomic mass is 16.6. The molecule has 5 rings (SSSR count). The number of cyclic esters (lactones) is 1. The number of amides is 1. The second kappa shape index (κ2) is 30.1. The molecule has 0 spiro atoms. The molecule has 3 fully saturated rings. The number of rotatable bonds is 12. The molecule has 3 heterocycles. The lowest BCUT2D eigenvalue weighted by atomic mass is 9.78. The van der Waals surface area contributed by atoms with Crippen LogP contribution in [-0.4, -0.2) is 145 Å². The van der Waals surface area contributed by atoms with Gasteiger partial charge >= 0.3 is 5.97 Å². The number of carbonyl (C=O) groups is 5. The molecule has 4 N–H and O–H groups in total. The van der Waals surface area contributed by atoms with Crippen molar-refractivity contribution in [3.8, 4) is 5.75 Å². The number of aliphatic hydroxyl groups is 3. The molecule has 1 amide bonds. The molecule has 1 aromatic carbocycles. The van der Waals surface area contributed by atoms with Crippen molar-refractivity contribution in [1.29, 1.82) is 0 Å². The van der Waals surface area contributed by atoms with Gasteiger partial charge in [0.15, 0.2) is 5.78 Å². The lowest BCUT2D eigenvalue weighted by Gasteiger charge is -2.43. The van der Waals surface area contributed by atoms with Gasteiger partial charge in [0.05, 0.1) is 24.9 Å². The van der Waals surface area contributed by atoms with Crippen LogP contribution in [0.4, 0.5) is 0 Å². The number of fused-ring (bicyclic) bond motifs is 3. The number of ether oxygens (including phenoxy) is 6. The minimum Gasteiger partial charge on any atom is -0.491 e. The van der Waals surface area contributed by atoms with Crippen LogP contribution >= 0.6 is 0 Å². The Morgan fingerprint density at radius 2 is 1.63 bits per heavy atom. The Morgan fingerprint density at radius 3 is 2.36 bits per heavy atom. The van der Waals surface area contributed by atoms with E-state index in [4.69, 9.17) is 28.4 Å². The van der Waals surface area contributed by atoms with Gasteiger partial charge < -0.3 is 54.0 Å². The van der Waals surface area contributed by atoms with Crippen LogP contribution in [0.15, 0.2) is 71.9 Å². The number of hydrogen-bond acceptors (Lipinski definition) is 15. The van der Waals surface area contributed by atoms with Crippen LogP contribution in [0.3, 0.4) is 0 Å². The Balaban J connectivity index is 1.49. The van der Waals surface area contributed by atoms with Gasteiger partial charge in [0, 0.05) is 64.6 Å². The zero-order chi connectivity index (χ0) is 55.7. The van der Waals surface area contributed by atoms with Gasteiger partial charge in [-0.05, 0) is 125 Å². The molecule has 424 valence electrons. The number of piperidine rings is 1. The molecular weight excluding hydrogens is 973 g/mol. The van der Waals surface area contributed by atoms with Gasteiger partial charge in [0.25, 0.3) is 11.7 Å². The number of carbonyl (C=O) groups excluding carboxylic acids is 5. The van der Waals surface area contributed by atoms with E-state index in [9.17, 15) is 39.3 Å². The SMILES string of the molecule is COCCOc1cccc(CNC2C[C@@H]3CC[C@@H](C)[C@@](O)(O3)C(=O)C(=O)N3CCCC[C@H]3C(=O)O[C@H]([C@H](C)C[C@@H]3CC[C@@H](O)[C@H](OC)C3)CC(=O)[C@H](C)/C=C(\C)[C@@H](O)[C@@H](OC)C(=O)[C@H](C)C[C@H](C)/C=C/C=C/C=C/2C)c1. The normalized spacial score (nSPS) is 36.2. The van der Waals surface area contributed by atoms with Crippen molar-refractivity contribution >= 4 is 29.2 Å². The number of allylic oxidation sites excluding steroid dienone is 6. The molecule has 0 aromatic heterocycles. The summed E-state index contributed by atoms with van der Waals surface area (Å²) in [6.45, 7) is 14.2. The van der Waals surface area contributed by atoms with Crippen LogP contribution in [0.1, 0.15) is 131 Å². The molecule has 3 aliphatic heterocycles. The Morgan fingerprint density at radius 1 is 0.868 bits per heavy atom. The summed E-state index contributed by atoms with van der Waals surface area (Å²) in [4.78, 5) is 73.0. The van der Waals surface area contributed by atoms with Gasteiger partial charge in [-0.15, -0.1) is 0 Å². The summed E-state index contributed by atoms with van der Waals surface area (Å²) in [6, 6.07) is 6.29. The van der Waals surface area contributed by atoms with Crippen molar-refractivity contribution in [2.24, 2.45) is 35.5 Å². The van der Waals surface area contributed by atoms with Crippen LogP contribution in [0.25, 0.3) is 0 Å². The number of ketones is 3. The Hall–Kier alpha value is -4.39. The molecule has 2 bridgehead atoms. The molecule has 1 aliphatic carbocycles. The third kappa shape index (κ3) is 17.3. The molecule has 4 aliphatic rings. The zero-order valence-corrected chi connectivity index (χ0v) is 46.9. The highest BCUT2D eigenvalue weighted by Crippen LogP contribution is 2.38. The maximum absolute atomic E-state index is 14.6. The first-order valence-corrected chi connectivity index (χ1v) is 27.8. The second-order valence-electron chi connectivity index (χ2n) is 22.3. The summed E-state index contributed by atoms with van der Waals surface area (Å²) >= 11 is 0. The van der Waals surface area contributed by atoms with Crippen molar-refractivity contribution in [3.05, 3.63) is 77.4 Å². The van der Waals surface area contributed by atoms with E-state index in [-0.39, 0.29) is 60.9 Å². The maximum atomic E-state index is 14.6. The molecule has 16 heteroatoms. The average molecular weight is 1060 g/mol. The van der Waals surface area contributed by atoms with Crippen molar-refractivity contribution in [3.63, 3.8) is 0 Å². The first kappa shape index (κ1) is 62.5. The van der Waals surface area contributed by atoms with E-state index in [0.717, 1.165) is 11.1 Å². The second-order valence-corrected chi connectivity index (χ2v) is 22.3. The topological polar surface area (TPSA) is 217 Å². The number of nitrogens with one attached hydrogen (secondary N) is 1. The first-order valence-electron chi connectivity index (χ1n) is 27.8. The third-order valence-electron chi connectivity index (χ3n) is 16.3. The lowest BCUT2D eigenvalue weighted by Crippen LogP contribution is -2.61. The van der Waals surface area contributed by atoms with Crippen molar-refractivity contribution in [1.82, 2.24) is 10.2 Å². The number of hydrogen-bond donors (Lipinski definition) is 4. The molecular formula is C60H90N2O14. The summed E-state index contributed by atoms with van der Waals surface area (Å²) in [5.74, 6) is -7.45. The summed E-state index contributed by atoms with van der Waals surface area (Å²) in [5.41, 5.74) is 2.30. The summed E-state index contributed by atoms with van der Waals surface area (Å²) in [7, 11) is 4.57. The molecule has 15 atom stereocenters. The predicted molar refractivity (Wildman–Crippen MR) is 289 cm³/mol. The number of methoxy groups -OCH3 is 3. The van der Waals surface area contributed by atoms with Gasteiger partial charge in [-0.3, -0.25) is 19.2 Å². The molecule has 76 heavy (non-hydrogen) atoms. The quantitative estimate of drug-likeness (QED) is 0.0697. The van der Waals surface area contributed by atoms with Crippen LogP contribution in [0, 0.1) is 35.5 Å². The Bertz CT molecular complexity index is 2210. The molecule has 1 aromatic rings. The van der Waals surface area contributed by atoms with E-state index in [1.807, 2.05) is 82.3 Å². The van der Waals surface area contributed by atoms with E-state index in [1.165, 1.54) is 12.0 Å². The van der Waals surface area contributed by atoms with Crippen LogP contribution < -0.4 is 10.1 Å². The molecule has 1 unspecified atom stereocenters. The van der Waals surface area contributed by atoms with Gasteiger partial charge in [0.1, 0.15) is 42.5 Å². The molecule has 2 saturated heterocycles. The minimum absolute atomic E-state index is 0.00668. The fourth-order valence-corrected chi connectivity index (χ4v) is 11.3. The van der Waals surface area contributed by atoms with Crippen LogP contribution in [-0.2, 0) is 54.2 Å². The number of esters is 1. The van der Waals surface area contributed by atoms with Gasteiger partial charge in [-0.1, -0.05) is 88.8 Å². The van der Waals surface area contributed by atoms with E-state index < -0.39 is 77.8 Å². The van der Waals surface area contributed by atoms with Gasteiger partial charge in [-0.25, -0.2) is 4.79 Å². The number of nitrogens with zero attached hydrogens (tertiary/aromatic N) is 1. The van der Waals surface area contributed by atoms with E-state index >= 15 is 0 Å². The predicted octanol–water partition coefficient (Wildman–Crippen LogP) is 7.35. The largest absolute Gasteiger partial charge is 0.491 e. The maximum Gasteiger partial charge on any atom is 0.329 e. The number of Topliss-reactive ketones (excluding diaryl/α,β-unsaturated/α-hetero) is 3. The molecule has 0 radical (unpaired) electrons. The van der Waals surface area contributed by atoms with Gasteiger partial charge in [-0.2, -0.15) is 0 Å². The summed E-state index contributed by atoms with van der Waals surface area (Å²) in [5, 5.41) is 38.0. The monoisotopic (exact) mass is 1060 g/mol. The highest BCUT2D eigenvalue weighted by molar-refractivity contribution is 6.39. The van der Waals surface area contributed by atoms with E-state index in [1.54, 1.807) is 41.1 Å². The van der Waals surface area contributed by atoms with Crippen LogP contribution in [0.2, 0.25) is 0 Å². The fraction of sp³-hybridized carbons (Fsp3) is 0.683. The molecule has 16 nitrogen and oxygen atoms in total.